The van der Waals surface area contributed by atoms with E-state index in [4.69, 9.17) is 0 Å². The Morgan fingerprint density at radius 2 is 1.61 bits per heavy atom. The van der Waals surface area contributed by atoms with Crippen molar-refractivity contribution >= 4 is 17.3 Å². The highest BCUT2D eigenvalue weighted by atomic mass is 16.2. The van der Waals surface area contributed by atoms with Crippen LogP contribution in [0, 0.1) is 11.3 Å². The summed E-state index contributed by atoms with van der Waals surface area (Å²) in [6.45, 7) is 7.93. The van der Waals surface area contributed by atoms with E-state index in [-0.39, 0.29) is 11.5 Å². The molecule has 4 rings (SSSR count). The number of amides is 1. The van der Waals surface area contributed by atoms with Crippen molar-refractivity contribution in [2.75, 3.05) is 69.6 Å². The maximum atomic E-state index is 12.9. The van der Waals surface area contributed by atoms with E-state index in [9.17, 15) is 10.1 Å². The second-order valence-electron chi connectivity index (χ2n) is 8.71. The Hall–Kier alpha value is -3.34. The van der Waals surface area contributed by atoms with E-state index in [0.717, 1.165) is 51.5 Å². The predicted octanol–water partition coefficient (Wildman–Crippen LogP) is 2.60. The Labute approximate surface area is 196 Å². The van der Waals surface area contributed by atoms with Crippen LogP contribution in [0.3, 0.4) is 0 Å². The molecule has 2 aliphatic rings. The zero-order chi connectivity index (χ0) is 23.0. The Morgan fingerprint density at radius 1 is 0.939 bits per heavy atom. The molecule has 7 heteroatoms. The molecule has 0 radical (unpaired) electrons. The van der Waals surface area contributed by atoms with Gasteiger partial charge in [0, 0.05) is 76.5 Å². The number of carbonyl (C=O) groups excluding carboxylic acids is 1. The SMILES string of the molecule is CN1CCN(c2ccc(N/C=C(/C#N)C(=O)N3CCN(Cc4ccccc4)CC3)cc2)CC1. The molecule has 1 N–H and O–H groups in total. The predicted molar refractivity (Wildman–Crippen MR) is 132 cm³/mol. The van der Waals surface area contributed by atoms with Gasteiger partial charge < -0.3 is 20.0 Å². The summed E-state index contributed by atoms with van der Waals surface area (Å²) in [7, 11) is 2.15. The number of benzene rings is 2. The second-order valence-corrected chi connectivity index (χ2v) is 8.71. The van der Waals surface area contributed by atoms with Gasteiger partial charge in [0.2, 0.25) is 0 Å². The van der Waals surface area contributed by atoms with Gasteiger partial charge in [-0.15, -0.1) is 0 Å². The average molecular weight is 445 g/mol. The minimum Gasteiger partial charge on any atom is -0.369 e. The highest BCUT2D eigenvalue weighted by Crippen LogP contribution is 2.20. The molecule has 33 heavy (non-hydrogen) atoms. The smallest absolute Gasteiger partial charge is 0.266 e. The van der Waals surface area contributed by atoms with Gasteiger partial charge in [0.15, 0.2) is 0 Å². The van der Waals surface area contributed by atoms with Gasteiger partial charge in [0.05, 0.1) is 0 Å². The molecule has 0 saturated carbocycles. The molecule has 0 spiro atoms. The van der Waals surface area contributed by atoms with Crippen LogP contribution in [0.4, 0.5) is 11.4 Å². The summed E-state index contributed by atoms with van der Waals surface area (Å²) in [4.78, 5) is 21.7. The normalized spacial score (nSPS) is 18.1. The fourth-order valence-corrected chi connectivity index (χ4v) is 4.25. The molecule has 2 aromatic carbocycles. The van der Waals surface area contributed by atoms with Crippen LogP contribution in [0.5, 0.6) is 0 Å². The molecule has 2 aromatic rings. The highest BCUT2D eigenvalue weighted by Gasteiger charge is 2.23. The fourth-order valence-electron chi connectivity index (χ4n) is 4.25. The van der Waals surface area contributed by atoms with Gasteiger partial charge in [-0.2, -0.15) is 5.26 Å². The van der Waals surface area contributed by atoms with Gasteiger partial charge in [-0.25, -0.2) is 0 Å². The number of hydrogen-bond donors (Lipinski definition) is 1. The van der Waals surface area contributed by atoms with Crippen LogP contribution >= 0.6 is 0 Å². The molecule has 0 atom stereocenters. The van der Waals surface area contributed by atoms with E-state index in [1.54, 1.807) is 4.90 Å². The number of anilines is 2. The molecule has 2 saturated heterocycles. The number of rotatable bonds is 6. The standard InChI is InChI=1S/C26H32N6O/c1-29-11-15-31(16-12-29)25-9-7-24(8-10-25)28-20-23(19-27)26(33)32-17-13-30(14-18-32)21-22-5-3-2-4-6-22/h2-10,20,28H,11-18,21H2,1H3/b23-20-. The number of piperazine rings is 2. The van der Waals surface area contributed by atoms with Gasteiger partial charge in [-0.05, 0) is 36.9 Å². The van der Waals surface area contributed by atoms with E-state index in [2.05, 4.69) is 57.4 Å². The van der Waals surface area contributed by atoms with Gasteiger partial charge >= 0.3 is 0 Å². The second kappa shape index (κ2) is 11.0. The average Bonchev–Trinajstić information content (AvgIpc) is 2.86. The molecule has 2 fully saturated rings. The molecule has 0 bridgehead atoms. The van der Waals surface area contributed by atoms with Gasteiger partial charge in [-0.3, -0.25) is 9.69 Å². The number of nitrogens with zero attached hydrogens (tertiary/aromatic N) is 5. The number of likely N-dealkylation sites (N-methyl/N-ethyl adjacent to an activating group) is 1. The zero-order valence-electron chi connectivity index (χ0n) is 19.3. The van der Waals surface area contributed by atoms with Crippen LogP contribution in [-0.2, 0) is 11.3 Å². The summed E-state index contributed by atoms with van der Waals surface area (Å²) in [6, 6.07) is 20.6. The third kappa shape index (κ3) is 6.13. The lowest BCUT2D eigenvalue weighted by Crippen LogP contribution is -2.48. The molecule has 7 nitrogen and oxygen atoms in total. The molecule has 1 amide bonds. The number of nitriles is 1. The molecular weight excluding hydrogens is 412 g/mol. The lowest BCUT2D eigenvalue weighted by molar-refractivity contribution is -0.128. The number of nitrogens with one attached hydrogen (secondary N) is 1. The van der Waals surface area contributed by atoms with Crippen molar-refractivity contribution in [1.82, 2.24) is 14.7 Å². The summed E-state index contributed by atoms with van der Waals surface area (Å²) < 4.78 is 0. The molecule has 172 valence electrons. The van der Waals surface area contributed by atoms with Crippen molar-refractivity contribution in [2.24, 2.45) is 0 Å². The van der Waals surface area contributed by atoms with Crippen LogP contribution in [-0.4, -0.2) is 80.0 Å². The Bertz CT molecular complexity index is 982. The lowest BCUT2D eigenvalue weighted by atomic mass is 10.2. The first-order valence-corrected chi connectivity index (χ1v) is 11.6. The Morgan fingerprint density at radius 3 is 2.24 bits per heavy atom. The summed E-state index contributed by atoms with van der Waals surface area (Å²) in [5, 5.41) is 12.7. The van der Waals surface area contributed by atoms with Crippen LogP contribution < -0.4 is 10.2 Å². The molecular formula is C26H32N6O. The van der Waals surface area contributed by atoms with Crippen molar-refractivity contribution in [2.45, 2.75) is 6.54 Å². The first kappa shape index (κ1) is 22.8. The highest BCUT2D eigenvalue weighted by molar-refractivity contribution is 5.97. The van der Waals surface area contributed by atoms with Crippen LogP contribution in [0.2, 0.25) is 0 Å². The maximum absolute atomic E-state index is 12.9. The summed E-state index contributed by atoms with van der Waals surface area (Å²) in [5.74, 6) is -0.210. The van der Waals surface area contributed by atoms with Crippen LogP contribution in [0.25, 0.3) is 0 Å². The van der Waals surface area contributed by atoms with E-state index < -0.39 is 0 Å². The third-order valence-electron chi connectivity index (χ3n) is 6.38. The van der Waals surface area contributed by atoms with Crippen molar-refractivity contribution in [1.29, 1.82) is 5.26 Å². The van der Waals surface area contributed by atoms with Gasteiger partial charge in [0.1, 0.15) is 11.6 Å². The molecule has 0 unspecified atom stereocenters. The quantitative estimate of drug-likeness (QED) is 0.546. The van der Waals surface area contributed by atoms with Crippen LogP contribution in [0.15, 0.2) is 66.4 Å². The minimum absolute atomic E-state index is 0.134. The molecule has 0 aliphatic carbocycles. The summed E-state index contributed by atoms with van der Waals surface area (Å²) in [6.07, 6.45) is 1.53. The molecule has 2 aliphatic heterocycles. The van der Waals surface area contributed by atoms with E-state index in [1.165, 1.54) is 17.5 Å². The first-order valence-electron chi connectivity index (χ1n) is 11.6. The summed E-state index contributed by atoms with van der Waals surface area (Å²) >= 11 is 0. The van der Waals surface area contributed by atoms with Gasteiger partial charge in [0.25, 0.3) is 5.91 Å². The van der Waals surface area contributed by atoms with Crippen molar-refractivity contribution in [3.05, 3.63) is 71.9 Å². The first-order chi connectivity index (χ1) is 16.1. The van der Waals surface area contributed by atoms with Crippen molar-refractivity contribution < 1.29 is 4.79 Å². The van der Waals surface area contributed by atoms with E-state index >= 15 is 0 Å². The van der Waals surface area contributed by atoms with Gasteiger partial charge in [-0.1, -0.05) is 30.3 Å². The van der Waals surface area contributed by atoms with Crippen molar-refractivity contribution in [3.63, 3.8) is 0 Å². The summed E-state index contributed by atoms with van der Waals surface area (Å²) in [5.41, 5.74) is 3.47. The minimum atomic E-state index is -0.210. The number of carbonyl (C=O) groups is 1. The van der Waals surface area contributed by atoms with E-state index in [0.29, 0.717) is 13.1 Å². The van der Waals surface area contributed by atoms with Crippen molar-refractivity contribution in [3.8, 4) is 6.07 Å². The zero-order valence-corrected chi connectivity index (χ0v) is 19.3. The molecule has 2 heterocycles. The lowest BCUT2D eigenvalue weighted by Gasteiger charge is -2.34. The molecule has 0 aromatic heterocycles. The fraction of sp³-hybridized carbons (Fsp3) is 0.385. The number of hydrogen-bond acceptors (Lipinski definition) is 6. The monoisotopic (exact) mass is 444 g/mol. The van der Waals surface area contributed by atoms with E-state index in [1.807, 2.05) is 30.3 Å². The Balaban J connectivity index is 1.29. The Kier molecular flexibility index (Phi) is 7.61. The largest absolute Gasteiger partial charge is 0.369 e. The third-order valence-corrected chi connectivity index (χ3v) is 6.38. The van der Waals surface area contributed by atoms with Crippen LogP contribution in [0.1, 0.15) is 5.56 Å². The topological polar surface area (TPSA) is 65.8 Å². The maximum Gasteiger partial charge on any atom is 0.266 e.